The monoisotopic (exact) mass is 472 g/mol. The van der Waals surface area contributed by atoms with Crippen LogP contribution in [0.4, 0.5) is 0 Å². The van der Waals surface area contributed by atoms with Gasteiger partial charge in [-0.3, -0.25) is 0 Å². The van der Waals surface area contributed by atoms with Crippen molar-refractivity contribution in [1.82, 2.24) is 0 Å². The normalized spacial score (nSPS) is 15.7. The molecule has 0 N–H and O–H groups in total. The Kier molecular flexibility index (Phi) is 21.6. The minimum Gasteiger partial charge on any atom is -0.179 e. The van der Waals surface area contributed by atoms with E-state index in [2.05, 4.69) is 74.9 Å². The van der Waals surface area contributed by atoms with E-state index in [4.69, 9.17) is 0 Å². The van der Waals surface area contributed by atoms with Crippen LogP contribution in [0.3, 0.4) is 0 Å². The Morgan fingerprint density at radius 3 is 1.73 bits per heavy atom. The van der Waals surface area contributed by atoms with Crippen LogP contribution in [0.2, 0.25) is 0 Å². The molecule has 0 saturated carbocycles. The third kappa shape index (κ3) is 15.4. The van der Waals surface area contributed by atoms with Gasteiger partial charge in [-0.05, 0) is 5.75 Å². The summed E-state index contributed by atoms with van der Waals surface area (Å²) in [6.45, 7) is 0. The number of rotatable bonds is 16. The van der Waals surface area contributed by atoms with Gasteiger partial charge in [-0.2, -0.15) is 110 Å². The van der Waals surface area contributed by atoms with Crippen LogP contribution in [-0.4, -0.2) is 73.3 Å². The van der Waals surface area contributed by atoms with Crippen LogP contribution < -0.4 is 0 Å². The van der Waals surface area contributed by atoms with Gasteiger partial charge in [0.25, 0.3) is 0 Å². The van der Waals surface area contributed by atoms with Crippen LogP contribution in [0.15, 0.2) is 0 Å². The van der Waals surface area contributed by atoms with Crippen LogP contribution in [0.25, 0.3) is 0 Å². The molecule has 0 aromatic carbocycles. The van der Waals surface area contributed by atoms with Crippen molar-refractivity contribution < 1.29 is 0 Å². The molecule has 0 radical (unpaired) electrons. The molecule has 22 heavy (non-hydrogen) atoms. The van der Waals surface area contributed by atoms with E-state index >= 15 is 0 Å². The molecule has 0 aliphatic heterocycles. The summed E-state index contributed by atoms with van der Waals surface area (Å²) < 4.78 is 0. The molecule has 0 rings (SSSR count). The molecule has 0 bridgehead atoms. The highest BCUT2D eigenvalue weighted by atomic mass is 32.2. The average Bonchev–Trinajstić information content (AvgIpc) is 2.55. The summed E-state index contributed by atoms with van der Waals surface area (Å²) in [5.41, 5.74) is 0. The lowest BCUT2D eigenvalue weighted by molar-refractivity contribution is 1.12. The first-order chi connectivity index (χ1) is 10.7. The lowest BCUT2D eigenvalue weighted by atomic mass is 10.5. The minimum absolute atomic E-state index is 0.419. The summed E-state index contributed by atoms with van der Waals surface area (Å²) in [5, 5.41) is 1.72. The summed E-state index contributed by atoms with van der Waals surface area (Å²) in [6, 6.07) is 0. The molecule has 0 aliphatic carbocycles. The second-order valence-electron chi connectivity index (χ2n) is 4.52. The van der Waals surface area contributed by atoms with Crippen molar-refractivity contribution in [3.8, 4) is 0 Å². The molecule has 0 fully saturated rings. The first-order valence-electron chi connectivity index (χ1n) is 7.18. The zero-order chi connectivity index (χ0) is 16.6. The number of thioether (sulfide) groups is 4. The van der Waals surface area contributed by atoms with Crippen molar-refractivity contribution in [2.24, 2.45) is 0 Å². The summed E-state index contributed by atoms with van der Waals surface area (Å²) in [4.78, 5) is 0. The van der Waals surface area contributed by atoms with E-state index in [1.54, 1.807) is 0 Å². The average molecular weight is 473 g/mol. The Balaban J connectivity index is 3.65. The standard InChI is InChI=1S/C13H28S9/c14-1-2-21-12(6-16)9-20-10-13(7-17)22-4-3-19-8-11(18)5-15/h11-18H,1-10H2. The minimum atomic E-state index is 0.419. The molecule has 0 heterocycles. The van der Waals surface area contributed by atoms with E-state index < -0.39 is 0 Å². The third-order valence-electron chi connectivity index (χ3n) is 2.56. The van der Waals surface area contributed by atoms with E-state index in [9.17, 15) is 0 Å². The fourth-order valence-corrected chi connectivity index (χ4v) is 8.22. The van der Waals surface area contributed by atoms with Gasteiger partial charge in [0.15, 0.2) is 0 Å². The Morgan fingerprint density at radius 2 is 1.23 bits per heavy atom. The maximum Gasteiger partial charge on any atom is 0.0226 e. The fraction of sp³-hybridized carbons (Fsp3) is 1.00. The zero-order valence-corrected chi connectivity index (χ0v) is 20.4. The second kappa shape index (κ2) is 18.9. The quantitative estimate of drug-likeness (QED) is 0.163. The molecule has 0 aromatic rings. The predicted molar refractivity (Wildman–Crippen MR) is 135 cm³/mol. The molecule has 0 aromatic heterocycles. The van der Waals surface area contributed by atoms with Crippen molar-refractivity contribution >= 4 is 110 Å². The van der Waals surface area contributed by atoms with Crippen LogP contribution in [0.5, 0.6) is 0 Å². The molecule has 3 atom stereocenters. The Bertz CT molecular complexity index is 230. The number of hydrogen-bond donors (Lipinski definition) is 5. The van der Waals surface area contributed by atoms with Crippen molar-refractivity contribution in [3.63, 3.8) is 0 Å². The summed E-state index contributed by atoms with van der Waals surface area (Å²) >= 11 is 30.0. The van der Waals surface area contributed by atoms with Gasteiger partial charge in [0.05, 0.1) is 0 Å². The van der Waals surface area contributed by atoms with Crippen LogP contribution >= 0.6 is 110 Å². The molecule has 134 valence electrons. The Hall–Kier alpha value is 3.15. The molecule has 0 nitrogen and oxygen atoms in total. The van der Waals surface area contributed by atoms with E-state index in [-0.39, 0.29) is 0 Å². The smallest absolute Gasteiger partial charge is 0.0226 e. The van der Waals surface area contributed by atoms with Gasteiger partial charge >= 0.3 is 0 Å². The lowest BCUT2D eigenvalue weighted by Gasteiger charge is -2.17. The fourth-order valence-electron chi connectivity index (χ4n) is 1.40. The maximum absolute atomic E-state index is 4.50. The van der Waals surface area contributed by atoms with E-state index in [1.807, 2.05) is 35.3 Å². The molecule has 3 unspecified atom stereocenters. The highest BCUT2D eigenvalue weighted by Gasteiger charge is 2.11. The number of hydrogen-bond acceptors (Lipinski definition) is 9. The molecule has 0 amide bonds. The van der Waals surface area contributed by atoms with Gasteiger partial charge in [-0.1, -0.05) is 0 Å². The summed E-state index contributed by atoms with van der Waals surface area (Å²) in [5.74, 6) is 10.7. The van der Waals surface area contributed by atoms with Crippen LogP contribution in [-0.2, 0) is 0 Å². The van der Waals surface area contributed by atoms with Gasteiger partial charge in [0.2, 0.25) is 0 Å². The lowest BCUT2D eigenvalue weighted by Crippen LogP contribution is -2.15. The largest absolute Gasteiger partial charge is 0.179 e. The molecule has 0 spiro atoms. The second-order valence-corrected chi connectivity index (χ2v) is 11.8. The van der Waals surface area contributed by atoms with Gasteiger partial charge in [-0.25, -0.2) is 0 Å². The predicted octanol–water partition coefficient (Wildman–Crippen LogP) is 4.67. The van der Waals surface area contributed by atoms with Gasteiger partial charge < -0.3 is 0 Å². The van der Waals surface area contributed by atoms with Crippen LogP contribution in [0.1, 0.15) is 0 Å². The molecular weight excluding hydrogens is 445 g/mol. The molecule has 0 aliphatic rings. The highest BCUT2D eigenvalue weighted by molar-refractivity contribution is 8.06. The van der Waals surface area contributed by atoms with Crippen molar-refractivity contribution in [3.05, 3.63) is 0 Å². The molecule has 0 saturated heterocycles. The van der Waals surface area contributed by atoms with Gasteiger partial charge in [0, 0.05) is 67.5 Å². The van der Waals surface area contributed by atoms with Crippen molar-refractivity contribution in [2.45, 2.75) is 15.7 Å². The zero-order valence-electron chi connectivity index (χ0n) is 12.7. The summed E-state index contributed by atoms with van der Waals surface area (Å²) in [6.07, 6.45) is 0. The van der Waals surface area contributed by atoms with Crippen molar-refractivity contribution in [1.29, 1.82) is 0 Å². The molecule has 9 heteroatoms. The third-order valence-corrected chi connectivity index (χ3v) is 11.4. The van der Waals surface area contributed by atoms with Crippen molar-refractivity contribution in [2.75, 3.05) is 57.5 Å². The maximum atomic E-state index is 4.50. The van der Waals surface area contributed by atoms with Gasteiger partial charge in [-0.15, -0.1) is 0 Å². The summed E-state index contributed by atoms with van der Waals surface area (Å²) in [7, 11) is 0. The van der Waals surface area contributed by atoms with E-state index in [1.165, 1.54) is 23.0 Å². The van der Waals surface area contributed by atoms with Crippen LogP contribution in [0, 0.1) is 0 Å². The first-order valence-corrected chi connectivity index (χ1v) is 14.6. The highest BCUT2D eigenvalue weighted by Crippen LogP contribution is 2.23. The first kappa shape index (κ1) is 25.1. The van der Waals surface area contributed by atoms with E-state index in [0.717, 1.165) is 34.5 Å². The SMILES string of the molecule is SCCSC(CS)CSCC(CS)SCCSCC(S)CS. The molecular formula is C13H28S9. The topological polar surface area (TPSA) is 0 Å². The Labute approximate surface area is 181 Å². The van der Waals surface area contributed by atoms with E-state index in [0.29, 0.717) is 15.7 Å². The number of thiol groups is 5. The van der Waals surface area contributed by atoms with Gasteiger partial charge in [0.1, 0.15) is 0 Å². The Morgan fingerprint density at radius 1 is 0.636 bits per heavy atom.